The number of pyridine rings is 1. The molecule has 0 fully saturated rings. The number of halogens is 4. The third-order valence-corrected chi connectivity index (χ3v) is 3.68. The molecule has 0 spiro atoms. The Hall–Kier alpha value is -2.42. The van der Waals surface area contributed by atoms with Crippen LogP contribution in [0, 0.1) is 0 Å². The van der Waals surface area contributed by atoms with Crippen LogP contribution in [0.3, 0.4) is 0 Å². The maximum atomic E-state index is 12.8. The van der Waals surface area contributed by atoms with Gasteiger partial charge in [0.25, 0.3) is 5.56 Å². The predicted octanol–water partition coefficient (Wildman–Crippen LogP) is 3.73. The highest BCUT2D eigenvalue weighted by Crippen LogP contribution is 2.26. The van der Waals surface area contributed by atoms with Crippen molar-refractivity contribution in [1.82, 2.24) is 14.7 Å². The zero-order valence-electron chi connectivity index (χ0n) is 11.9. The number of hydrogen-bond acceptors (Lipinski definition) is 4. The Morgan fingerprint density at radius 2 is 2.00 bits per heavy atom. The van der Waals surface area contributed by atoms with Crippen LogP contribution in [-0.4, -0.2) is 14.7 Å². The van der Waals surface area contributed by atoms with Crippen LogP contribution in [0.4, 0.5) is 13.2 Å². The molecule has 0 aliphatic carbocycles. The van der Waals surface area contributed by atoms with Gasteiger partial charge in [0.2, 0.25) is 11.7 Å². The average molecular weight is 400 g/mol. The summed E-state index contributed by atoms with van der Waals surface area (Å²) in [4.78, 5) is 16.0. The fourth-order valence-electron chi connectivity index (χ4n) is 2.09. The van der Waals surface area contributed by atoms with E-state index in [4.69, 9.17) is 4.52 Å². The number of nitrogens with zero attached hydrogens (tertiary/aromatic N) is 3. The number of aromatic nitrogens is 3. The molecule has 0 saturated heterocycles. The minimum atomic E-state index is -4.71. The van der Waals surface area contributed by atoms with Crippen LogP contribution in [0.25, 0.3) is 11.4 Å². The molecule has 2 heterocycles. The summed E-state index contributed by atoms with van der Waals surface area (Å²) in [7, 11) is 0. The fraction of sp³-hybridized carbons (Fsp3) is 0.133. The lowest BCUT2D eigenvalue weighted by atomic mass is 10.2. The van der Waals surface area contributed by atoms with E-state index in [9.17, 15) is 18.0 Å². The van der Waals surface area contributed by atoms with Crippen LogP contribution in [0.15, 0.2) is 56.4 Å². The van der Waals surface area contributed by atoms with E-state index in [-0.39, 0.29) is 18.3 Å². The van der Waals surface area contributed by atoms with E-state index in [1.54, 1.807) is 18.2 Å². The first kappa shape index (κ1) is 16.4. The fourth-order valence-corrected chi connectivity index (χ4v) is 2.49. The normalized spacial score (nSPS) is 11.7. The third-order valence-electron chi connectivity index (χ3n) is 3.18. The molecule has 0 aliphatic rings. The zero-order valence-corrected chi connectivity index (χ0v) is 13.5. The molecule has 0 saturated carbocycles. The minimum Gasteiger partial charge on any atom is -0.337 e. The second kappa shape index (κ2) is 6.23. The highest BCUT2D eigenvalue weighted by atomic mass is 79.9. The smallest absolute Gasteiger partial charge is 0.337 e. The molecular weight excluding hydrogens is 391 g/mol. The summed E-state index contributed by atoms with van der Waals surface area (Å²) in [5, 5.41) is 3.78. The molecule has 0 bridgehead atoms. The second-order valence-corrected chi connectivity index (χ2v) is 5.79. The number of alkyl halides is 3. The Morgan fingerprint density at radius 3 is 2.71 bits per heavy atom. The largest absolute Gasteiger partial charge is 0.421 e. The molecule has 24 heavy (non-hydrogen) atoms. The second-order valence-electron chi connectivity index (χ2n) is 4.87. The SMILES string of the molecule is O=c1c(C(F)(F)F)cccn1Cc1nc(-c2cccc(Br)c2)no1. The van der Waals surface area contributed by atoms with Crippen molar-refractivity contribution in [3.8, 4) is 11.4 Å². The predicted molar refractivity (Wildman–Crippen MR) is 82.2 cm³/mol. The van der Waals surface area contributed by atoms with Gasteiger partial charge < -0.3 is 9.09 Å². The van der Waals surface area contributed by atoms with Crippen LogP contribution in [0.2, 0.25) is 0 Å². The summed E-state index contributed by atoms with van der Waals surface area (Å²) in [6.07, 6.45) is -3.48. The van der Waals surface area contributed by atoms with E-state index >= 15 is 0 Å². The molecule has 0 amide bonds. The van der Waals surface area contributed by atoms with Crippen molar-refractivity contribution in [2.24, 2.45) is 0 Å². The Morgan fingerprint density at radius 1 is 1.21 bits per heavy atom. The zero-order chi connectivity index (χ0) is 17.3. The molecule has 9 heteroatoms. The van der Waals surface area contributed by atoms with Crippen molar-refractivity contribution >= 4 is 15.9 Å². The number of rotatable bonds is 3. The molecular formula is C15H9BrF3N3O2. The topological polar surface area (TPSA) is 60.9 Å². The molecule has 0 atom stereocenters. The molecule has 0 N–H and O–H groups in total. The van der Waals surface area contributed by atoms with E-state index in [1.165, 1.54) is 6.20 Å². The Bertz CT molecular complexity index is 934. The molecule has 1 aromatic carbocycles. The van der Waals surface area contributed by atoms with Gasteiger partial charge in [-0.25, -0.2) is 0 Å². The minimum absolute atomic E-state index is 0.0337. The van der Waals surface area contributed by atoms with Gasteiger partial charge in [0.1, 0.15) is 12.1 Å². The Labute approximate surface area is 141 Å². The maximum absolute atomic E-state index is 12.8. The summed E-state index contributed by atoms with van der Waals surface area (Å²) in [6.45, 7) is -0.246. The van der Waals surface area contributed by atoms with Crippen molar-refractivity contribution < 1.29 is 17.7 Å². The Balaban J connectivity index is 1.90. The highest BCUT2D eigenvalue weighted by molar-refractivity contribution is 9.10. The first-order chi connectivity index (χ1) is 11.3. The van der Waals surface area contributed by atoms with Gasteiger partial charge in [0.15, 0.2) is 0 Å². The van der Waals surface area contributed by atoms with Crippen molar-refractivity contribution in [3.05, 3.63) is 68.9 Å². The van der Waals surface area contributed by atoms with Gasteiger partial charge in [-0.05, 0) is 24.3 Å². The van der Waals surface area contributed by atoms with Crippen LogP contribution in [0.1, 0.15) is 11.5 Å². The maximum Gasteiger partial charge on any atom is 0.421 e. The lowest BCUT2D eigenvalue weighted by Gasteiger charge is -2.08. The van der Waals surface area contributed by atoms with E-state index in [0.717, 1.165) is 21.2 Å². The molecule has 124 valence electrons. The summed E-state index contributed by atoms with van der Waals surface area (Å²) in [5.74, 6) is 0.317. The van der Waals surface area contributed by atoms with E-state index < -0.39 is 17.3 Å². The molecule has 2 aromatic heterocycles. The standard InChI is InChI=1S/C15H9BrF3N3O2/c16-10-4-1-3-9(7-10)13-20-12(24-21-13)8-22-6-2-5-11(14(22)23)15(17,18)19/h1-7H,8H2. The molecule has 0 radical (unpaired) electrons. The van der Waals surface area contributed by atoms with Crippen molar-refractivity contribution in [1.29, 1.82) is 0 Å². The molecule has 0 aliphatic heterocycles. The first-order valence-corrected chi connectivity index (χ1v) is 7.49. The van der Waals surface area contributed by atoms with Crippen LogP contribution in [0.5, 0.6) is 0 Å². The summed E-state index contributed by atoms with van der Waals surface area (Å²) in [5.41, 5.74) is -1.72. The summed E-state index contributed by atoms with van der Waals surface area (Å²) in [6, 6.07) is 9.02. The molecule has 3 rings (SSSR count). The van der Waals surface area contributed by atoms with E-state index in [0.29, 0.717) is 5.56 Å². The third kappa shape index (κ3) is 3.40. The summed E-state index contributed by atoms with van der Waals surface area (Å²) >= 11 is 3.32. The van der Waals surface area contributed by atoms with Gasteiger partial charge in [0.05, 0.1) is 0 Å². The molecule has 3 aromatic rings. The van der Waals surface area contributed by atoms with E-state index in [1.807, 2.05) is 6.07 Å². The van der Waals surface area contributed by atoms with Gasteiger partial charge in [-0.15, -0.1) is 0 Å². The van der Waals surface area contributed by atoms with Gasteiger partial charge in [-0.2, -0.15) is 18.2 Å². The Kier molecular flexibility index (Phi) is 4.27. The lowest BCUT2D eigenvalue weighted by molar-refractivity contribution is -0.139. The highest BCUT2D eigenvalue weighted by Gasteiger charge is 2.34. The van der Waals surface area contributed by atoms with Gasteiger partial charge >= 0.3 is 6.18 Å². The molecule has 0 unspecified atom stereocenters. The van der Waals surface area contributed by atoms with Crippen LogP contribution < -0.4 is 5.56 Å². The van der Waals surface area contributed by atoms with Gasteiger partial charge in [0, 0.05) is 16.2 Å². The quantitative estimate of drug-likeness (QED) is 0.673. The lowest BCUT2D eigenvalue weighted by Crippen LogP contribution is -2.28. The van der Waals surface area contributed by atoms with Crippen molar-refractivity contribution in [3.63, 3.8) is 0 Å². The van der Waals surface area contributed by atoms with Gasteiger partial charge in [-0.3, -0.25) is 4.79 Å². The monoisotopic (exact) mass is 399 g/mol. The van der Waals surface area contributed by atoms with Crippen LogP contribution in [-0.2, 0) is 12.7 Å². The number of benzene rings is 1. The molecule has 5 nitrogen and oxygen atoms in total. The van der Waals surface area contributed by atoms with Crippen molar-refractivity contribution in [2.45, 2.75) is 12.7 Å². The van der Waals surface area contributed by atoms with Crippen molar-refractivity contribution in [2.75, 3.05) is 0 Å². The van der Waals surface area contributed by atoms with E-state index in [2.05, 4.69) is 26.1 Å². The summed E-state index contributed by atoms with van der Waals surface area (Å²) < 4.78 is 45.0. The number of hydrogen-bond donors (Lipinski definition) is 0. The average Bonchev–Trinajstić information content (AvgIpc) is 2.97. The first-order valence-electron chi connectivity index (χ1n) is 6.70. The van der Waals surface area contributed by atoms with Crippen LogP contribution >= 0.6 is 15.9 Å². The van der Waals surface area contributed by atoms with Gasteiger partial charge in [-0.1, -0.05) is 33.2 Å².